The van der Waals surface area contributed by atoms with Crippen molar-refractivity contribution < 1.29 is 19.3 Å². The molecule has 2 heterocycles. The van der Waals surface area contributed by atoms with E-state index in [0.29, 0.717) is 19.1 Å². The van der Waals surface area contributed by atoms with Gasteiger partial charge in [-0.2, -0.15) is 0 Å². The third-order valence-electron chi connectivity index (χ3n) is 4.76. The van der Waals surface area contributed by atoms with E-state index in [1.54, 1.807) is 14.2 Å². The number of rotatable bonds is 5. The van der Waals surface area contributed by atoms with Crippen LogP contribution in [0.25, 0.3) is 0 Å². The predicted octanol–water partition coefficient (Wildman–Crippen LogP) is 1.11. The number of aliphatic hydroxyl groups excluding tert-OH is 1. The van der Waals surface area contributed by atoms with Crippen LogP contribution < -0.4 is 9.47 Å². The highest BCUT2D eigenvalue weighted by Gasteiger charge is 2.50. The van der Waals surface area contributed by atoms with Gasteiger partial charge in [-0.15, -0.1) is 0 Å². The van der Waals surface area contributed by atoms with Crippen molar-refractivity contribution in [3.8, 4) is 11.5 Å². The SMILES string of the molecule is COCCN1C[C@@H]2c3ccc(OC)cc3OC[C@]2(CO)C1. The highest BCUT2D eigenvalue weighted by atomic mass is 16.5. The van der Waals surface area contributed by atoms with Gasteiger partial charge in [0.05, 0.1) is 26.9 Å². The van der Waals surface area contributed by atoms with Crippen LogP contribution in [-0.4, -0.2) is 63.7 Å². The Hall–Kier alpha value is -1.30. The lowest BCUT2D eigenvalue weighted by molar-refractivity contribution is 0.0442. The smallest absolute Gasteiger partial charge is 0.126 e. The van der Waals surface area contributed by atoms with Crippen molar-refractivity contribution in [3.63, 3.8) is 0 Å². The zero-order valence-corrected chi connectivity index (χ0v) is 12.7. The summed E-state index contributed by atoms with van der Waals surface area (Å²) in [5.41, 5.74) is 0.978. The molecule has 0 saturated carbocycles. The third-order valence-corrected chi connectivity index (χ3v) is 4.76. The van der Waals surface area contributed by atoms with Crippen LogP contribution in [0.3, 0.4) is 0 Å². The standard InChI is InChI=1S/C16H23NO4/c1-19-6-5-17-8-14-13-4-3-12(20-2)7-15(13)21-11-16(14,9-17)10-18/h3-4,7,14,18H,5-6,8-11H2,1-2H3/t14-,16-/m1/s1. The maximum Gasteiger partial charge on any atom is 0.126 e. The molecule has 0 aromatic heterocycles. The van der Waals surface area contributed by atoms with E-state index in [2.05, 4.69) is 11.0 Å². The summed E-state index contributed by atoms with van der Waals surface area (Å²) in [5, 5.41) is 9.96. The highest BCUT2D eigenvalue weighted by Crippen LogP contribution is 2.49. The molecule has 1 saturated heterocycles. The van der Waals surface area contributed by atoms with Crippen molar-refractivity contribution >= 4 is 0 Å². The second kappa shape index (κ2) is 5.83. The molecule has 1 N–H and O–H groups in total. The van der Waals surface area contributed by atoms with Gasteiger partial charge >= 0.3 is 0 Å². The molecule has 0 amide bonds. The van der Waals surface area contributed by atoms with Crippen molar-refractivity contribution in [2.24, 2.45) is 5.41 Å². The number of nitrogens with zero attached hydrogens (tertiary/aromatic N) is 1. The molecule has 0 unspecified atom stereocenters. The molecule has 0 bridgehead atoms. The van der Waals surface area contributed by atoms with Crippen LogP contribution in [0.2, 0.25) is 0 Å². The maximum atomic E-state index is 9.96. The molecule has 2 atom stereocenters. The summed E-state index contributed by atoms with van der Waals surface area (Å²) < 4.78 is 16.4. The molecule has 2 aliphatic heterocycles. The van der Waals surface area contributed by atoms with Gasteiger partial charge in [-0.3, -0.25) is 4.90 Å². The van der Waals surface area contributed by atoms with Crippen molar-refractivity contribution in [3.05, 3.63) is 23.8 Å². The Morgan fingerprint density at radius 2 is 2.29 bits per heavy atom. The summed E-state index contributed by atoms with van der Waals surface area (Å²) in [6.07, 6.45) is 0. The van der Waals surface area contributed by atoms with Gasteiger partial charge in [-0.05, 0) is 11.6 Å². The number of likely N-dealkylation sites (tertiary alicyclic amines) is 1. The van der Waals surface area contributed by atoms with E-state index >= 15 is 0 Å². The summed E-state index contributed by atoms with van der Waals surface area (Å²) in [6.45, 7) is 4.09. The molecule has 21 heavy (non-hydrogen) atoms. The molecule has 1 aromatic rings. The highest BCUT2D eigenvalue weighted by molar-refractivity contribution is 5.46. The van der Waals surface area contributed by atoms with E-state index in [-0.39, 0.29) is 12.0 Å². The van der Waals surface area contributed by atoms with Gasteiger partial charge < -0.3 is 19.3 Å². The predicted molar refractivity (Wildman–Crippen MR) is 79.1 cm³/mol. The monoisotopic (exact) mass is 293 g/mol. The zero-order valence-electron chi connectivity index (χ0n) is 12.7. The average Bonchev–Trinajstić information content (AvgIpc) is 2.91. The summed E-state index contributed by atoms with van der Waals surface area (Å²) in [7, 11) is 3.38. The number of benzene rings is 1. The lowest BCUT2D eigenvalue weighted by Crippen LogP contribution is -2.42. The van der Waals surface area contributed by atoms with E-state index in [1.807, 2.05) is 12.1 Å². The van der Waals surface area contributed by atoms with Crippen LogP contribution in [0.4, 0.5) is 0 Å². The van der Waals surface area contributed by atoms with Crippen molar-refractivity contribution in [2.45, 2.75) is 5.92 Å². The number of hydrogen-bond donors (Lipinski definition) is 1. The number of hydrogen-bond acceptors (Lipinski definition) is 5. The van der Waals surface area contributed by atoms with Gasteiger partial charge in [-0.25, -0.2) is 0 Å². The van der Waals surface area contributed by atoms with E-state index < -0.39 is 0 Å². The topological polar surface area (TPSA) is 51.2 Å². The van der Waals surface area contributed by atoms with Gasteiger partial charge in [0.25, 0.3) is 0 Å². The van der Waals surface area contributed by atoms with E-state index in [9.17, 15) is 5.11 Å². The third kappa shape index (κ3) is 2.50. The molecule has 0 radical (unpaired) electrons. The molecule has 3 rings (SSSR count). The molecule has 1 aromatic carbocycles. The molecular weight excluding hydrogens is 270 g/mol. The van der Waals surface area contributed by atoms with Gasteiger partial charge in [0.15, 0.2) is 0 Å². The quantitative estimate of drug-likeness (QED) is 0.881. The second-order valence-electron chi connectivity index (χ2n) is 5.99. The molecule has 1 fully saturated rings. The molecular formula is C16H23NO4. The van der Waals surface area contributed by atoms with Gasteiger partial charge in [0.1, 0.15) is 11.5 Å². The second-order valence-corrected chi connectivity index (χ2v) is 5.99. The van der Waals surface area contributed by atoms with Crippen molar-refractivity contribution in [1.82, 2.24) is 4.90 Å². The van der Waals surface area contributed by atoms with Gasteiger partial charge in [0, 0.05) is 44.1 Å². The van der Waals surface area contributed by atoms with Crippen molar-refractivity contribution in [1.29, 1.82) is 0 Å². The average molecular weight is 293 g/mol. The fourth-order valence-corrected chi connectivity index (χ4v) is 3.52. The zero-order chi connectivity index (χ0) is 14.9. The Balaban J connectivity index is 1.88. The van der Waals surface area contributed by atoms with Crippen LogP contribution in [-0.2, 0) is 4.74 Å². The normalized spacial score (nSPS) is 27.9. The fourth-order valence-electron chi connectivity index (χ4n) is 3.52. The van der Waals surface area contributed by atoms with Crippen LogP contribution >= 0.6 is 0 Å². The minimum Gasteiger partial charge on any atom is -0.497 e. The molecule has 0 aliphatic carbocycles. The molecule has 2 aliphatic rings. The maximum absolute atomic E-state index is 9.96. The Morgan fingerprint density at radius 3 is 3.00 bits per heavy atom. The number of aliphatic hydroxyl groups is 1. The minimum atomic E-state index is -0.199. The summed E-state index contributed by atoms with van der Waals surface area (Å²) >= 11 is 0. The Bertz CT molecular complexity index is 507. The minimum absolute atomic E-state index is 0.145. The largest absolute Gasteiger partial charge is 0.497 e. The molecule has 0 spiro atoms. The summed E-state index contributed by atoms with van der Waals surface area (Å²) in [4.78, 5) is 2.35. The summed E-state index contributed by atoms with van der Waals surface area (Å²) in [6, 6.07) is 5.98. The van der Waals surface area contributed by atoms with Crippen LogP contribution in [0, 0.1) is 5.41 Å². The number of methoxy groups -OCH3 is 2. The van der Waals surface area contributed by atoms with Gasteiger partial charge in [0.2, 0.25) is 0 Å². The van der Waals surface area contributed by atoms with Crippen molar-refractivity contribution in [2.75, 3.05) is 53.7 Å². The first-order chi connectivity index (χ1) is 10.2. The Labute approximate surface area is 125 Å². The van der Waals surface area contributed by atoms with E-state index in [4.69, 9.17) is 14.2 Å². The fraction of sp³-hybridized carbons (Fsp3) is 0.625. The van der Waals surface area contributed by atoms with Crippen LogP contribution in [0.5, 0.6) is 11.5 Å². The van der Waals surface area contributed by atoms with Crippen LogP contribution in [0.1, 0.15) is 11.5 Å². The lowest BCUT2D eigenvalue weighted by Gasteiger charge is -2.38. The summed E-state index contributed by atoms with van der Waals surface area (Å²) in [5.74, 6) is 1.99. The Kier molecular flexibility index (Phi) is 4.06. The Morgan fingerprint density at radius 1 is 1.43 bits per heavy atom. The lowest BCUT2D eigenvalue weighted by atomic mass is 9.74. The van der Waals surface area contributed by atoms with Crippen LogP contribution in [0.15, 0.2) is 18.2 Å². The number of fused-ring (bicyclic) bond motifs is 3. The molecule has 5 nitrogen and oxygen atoms in total. The first kappa shape index (κ1) is 14.6. The van der Waals surface area contributed by atoms with Gasteiger partial charge in [-0.1, -0.05) is 6.07 Å². The first-order valence-electron chi connectivity index (χ1n) is 7.35. The molecule has 5 heteroatoms. The van der Waals surface area contributed by atoms with E-state index in [1.165, 1.54) is 5.56 Å². The molecule has 116 valence electrons. The first-order valence-corrected chi connectivity index (χ1v) is 7.35. The van der Waals surface area contributed by atoms with E-state index in [0.717, 1.165) is 31.1 Å². The number of ether oxygens (including phenoxy) is 3.